The molecule has 0 heterocycles. The highest BCUT2D eigenvalue weighted by atomic mass is 16.1. The van der Waals surface area contributed by atoms with Crippen molar-refractivity contribution in [2.45, 2.75) is 90.9 Å². The summed E-state index contributed by atoms with van der Waals surface area (Å²) in [5, 5.41) is 0. The summed E-state index contributed by atoms with van der Waals surface area (Å²) in [6, 6.07) is 0. The van der Waals surface area contributed by atoms with Crippen LogP contribution in [-0.2, 0) is 4.79 Å². The fourth-order valence-corrected chi connectivity index (χ4v) is 2.42. The highest BCUT2D eigenvalue weighted by Gasteiger charge is 2.13. The van der Waals surface area contributed by atoms with Crippen molar-refractivity contribution in [3.8, 4) is 0 Å². The van der Waals surface area contributed by atoms with E-state index in [-0.39, 0.29) is 13.3 Å². The summed E-state index contributed by atoms with van der Waals surface area (Å²) in [7, 11) is 0. The summed E-state index contributed by atoms with van der Waals surface area (Å²) in [4.78, 5) is 11.4. The largest absolute Gasteiger partial charge is 0.369 e. The molecule has 0 saturated carbocycles. The molecule has 0 aromatic heterocycles. The molecule has 110 valence electrons. The zero-order chi connectivity index (χ0) is 13.6. The first-order valence-electron chi connectivity index (χ1n) is 8.01. The molecule has 0 spiro atoms. The van der Waals surface area contributed by atoms with Crippen molar-refractivity contribution in [2.24, 2.45) is 11.7 Å². The van der Waals surface area contributed by atoms with Crippen LogP contribution in [0.4, 0.5) is 0 Å². The highest BCUT2D eigenvalue weighted by Crippen LogP contribution is 2.18. The number of carbonyl (C=O) groups excluding carboxylic acids is 1. The van der Waals surface area contributed by atoms with Gasteiger partial charge in [-0.2, -0.15) is 0 Å². The number of nitrogens with two attached hydrogens (primary N) is 1. The highest BCUT2D eigenvalue weighted by molar-refractivity contribution is 5.76. The fourth-order valence-electron chi connectivity index (χ4n) is 2.42. The Kier molecular flexibility index (Phi) is 12.5. The van der Waals surface area contributed by atoms with Crippen LogP contribution in [0.15, 0.2) is 0 Å². The van der Waals surface area contributed by atoms with Gasteiger partial charge >= 0.3 is 0 Å². The Morgan fingerprint density at radius 1 is 0.833 bits per heavy atom. The zero-order valence-corrected chi connectivity index (χ0v) is 12.5. The first kappa shape index (κ1) is 17.5. The van der Waals surface area contributed by atoms with Crippen LogP contribution in [0.25, 0.3) is 0 Å². The molecule has 0 aliphatic rings. The number of primary amides is 1. The summed E-state index contributed by atoms with van der Waals surface area (Å²) in [5.74, 6) is 0.0492. The minimum absolute atomic E-state index is 0. The Balaban J connectivity index is 0. The lowest BCUT2D eigenvalue weighted by atomic mass is 9.94. The molecule has 0 radical (unpaired) electrons. The second kappa shape index (κ2) is 12.9. The predicted molar refractivity (Wildman–Crippen MR) is 81.6 cm³/mol. The molecule has 18 heavy (non-hydrogen) atoms. The number of hydrogen-bond donors (Lipinski definition) is 1. The average Bonchev–Trinajstić information content (AvgIpc) is 2.35. The Morgan fingerprint density at radius 2 is 1.22 bits per heavy atom. The second-order valence-electron chi connectivity index (χ2n) is 5.51. The Hall–Kier alpha value is -0.530. The van der Waals surface area contributed by atoms with Gasteiger partial charge in [0, 0.05) is 7.34 Å². The monoisotopic (exact) mass is 257 g/mol. The maximum atomic E-state index is 11.4. The molecule has 1 atom stereocenters. The van der Waals surface area contributed by atoms with Crippen molar-refractivity contribution in [1.29, 1.82) is 0 Å². The van der Waals surface area contributed by atoms with Gasteiger partial charge in [0.1, 0.15) is 0 Å². The van der Waals surface area contributed by atoms with E-state index in [9.17, 15) is 4.79 Å². The lowest BCUT2D eigenvalue weighted by Crippen LogP contribution is -2.23. The summed E-state index contributed by atoms with van der Waals surface area (Å²) in [6.45, 7) is 4.45. The number of amides is 1. The van der Waals surface area contributed by atoms with Gasteiger partial charge in [0.2, 0.25) is 5.91 Å². The maximum absolute atomic E-state index is 11.4. The van der Waals surface area contributed by atoms with Crippen LogP contribution in [0, 0.1) is 5.92 Å². The molecule has 0 fully saturated rings. The molecule has 2 N–H and O–H groups in total. The Bertz CT molecular complexity index is 197. The fraction of sp³-hybridized carbons (Fsp3) is 0.938. The van der Waals surface area contributed by atoms with Gasteiger partial charge in [-0.15, -0.1) is 0 Å². The first-order valence-corrected chi connectivity index (χ1v) is 8.01. The van der Waals surface area contributed by atoms with Crippen molar-refractivity contribution in [3.05, 3.63) is 0 Å². The molecule has 1 amide bonds. The van der Waals surface area contributed by atoms with Gasteiger partial charge in [-0.3, -0.25) is 4.79 Å². The number of carbonyl (C=O) groups is 1. The molecule has 2 nitrogen and oxygen atoms in total. The van der Waals surface area contributed by atoms with E-state index >= 15 is 0 Å². The zero-order valence-electron chi connectivity index (χ0n) is 12.5. The molecular formula is C16H35NO. The molecule has 0 aliphatic heterocycles. The van der Waals surface area contributed by atoms with E-state index in [2.05, 4.69) is 13.8 Å². The lowest BCUT2D eigenvalue weighted by Gasteiger charge is -2.12. The average molecular weight is 257 g/mol. The maximum Gasteiger partial charge on any atom is 0.220 e. The molecule has 0 rings (SSSR count). The lowest BCUT2D eigenvalue weighted by molar-refractivity contribution is -0.122. The minimum atomic E-state index is -0.0833. The second-order valence-corrected chi connectivity index (χ2v) is 5.51. The van der Waals surface area contributed by atoms with Crippen molar-refractivity contribution in [3.63, 3.8) is 0 Å². The Morgan fingerprint density at radius 3 is 1.67 bits per heavy atom. The van der Waals surface area contributed by atoms with Gasteiger partial charge in [-0.05, 0) is 12.8 Å². The number of unbranched alkanes of at least 4 members (excludes halogenated alkanes) is 8. The van der Waals surface area contributed by atoms with E-state index in [4.69, 9.17) is 5.73 Å². The number of hydrogen-bond acceptors (Lipinski definition) is 1. The SMILES string of the molecule is CCCCCCCCC(CCCCCC)C(N)=O.[HH]. The van der Waals surface area contributed by atoms with Crippen LogP contribution in [0.3, 0.4) is 0 Å². The third-order valence-electron chi connectivity index (χ3n) is 3.71. The van der Waals surface area contributed by atoms with Crippen molar-refractivity contribution < 1.29 is 6.22 Å². The molecular weight excluding hydrogens is 222 g/mol. The molecule has 0 aromatic rings. The van der Waals surface area contributed by atoms with Crippen LogP contribution in [0.5, 0.6) is 0 Å². The van der Waals surface area contributed by atoms with E-state index < -0.39 is 0 Å². The van der Waals surface area contributed by atoms with E-state index in [0.29, 0.717) is 0 Å². The molecule has 0 bridgehead atoms. The normalized spacial score (nSPS) is 12.6. The van der Waals surface area contributed by atoms with Gasteiger partial charge in [0.15, 0.2) is 0 Å². The quantitative estimate of drug-likeness (QED) is 0.461. The summed E-state index contributed by atoms with van der Waals surface area (Å²) < 4.78 is 0. The van der Waals surface area contributed by atoms with E-state index in [1.54, 1.807) is 0 Å². The molecule has 0 aromatic carbocycles. The van der Waals surface area contributed by atoms with Crippen LogP contribution < -0.4 is 5.73 Å². The van der Waals surface area contributed by atoms with Crippen LogP contribution in [-0.4, -0.2) is 5.91 Å². The Labute approximate surface area is 115 Å². The van der Waals surface area contributed by atoms with Crippen molar-refractivity contribution in [1.82, 2.24) is 0 Å². The van der Waals surface area contributed by atoms with Crippen molar-refractivity contribution >= 4 is 5.91 Å². The molecule has 2 heteroatoms. The summed E-state index contributed by atoms with van der Waals surface area (Å²) >= 11 is 0. The standard InChI is InChI=1S/C16H33NO.H2/c1-3-5-7-9-10-12-14-15(16(17)18)13-11-8-6-4-2;/h15H,3-14H2,1-2H3,(H2,17,18);1H. The molecule has 0 aliphatic carbocycles. The third-order valence-corrected chi connectivity index (χ3v) is 3.71. The van der Waals surface area contributed by atoms with Gasteiger partial charge in [-0.25, -0.2) is 0 Å². The molecule has 1 unspecified atom stereocenters. The summed E-state index contributed by atoms with van der Waals surface area (Å²) in [6.07, 6.45) is 14.7. The number of rotatable bonds is 13. The van der Waals surface area contributed by atoms with E-state index in [1.165, 1.54) is 57.8 Å². The van der Waals surface area contributed by atoms with Crippen LogP contribution >= 0.6 is 0 Å². The van der Waals surface area contributed by atoms with E-state index in [1.807, 2.05) is 0 Å². The van der Waals surface area contributed by atoms with Crippen LogP contribution in [0.1, 0.15) is 92.3 Å². The molecule has 0 saturated heterocycles. The van der Waals surface area contributed by atoms with Crippen LogP contribution in [0.2, 0.25) is 0 Å². The smallest absolute Gasteiger partial charge is 0.220 e. The summed E-state index contributed by atoms with van der Waals surface area (Å²) in [5.41, 5.74) is 5.47. The first-order chi connectivity index (χ1) is 8.72. The minimum Gasteiger partial charge on any atom is -0.369 e. The van der Waals surface area contributed by atoms with Gasteiger partial charge in [-0.1, -0.05) is 78.1 Å². The van der Waals surface area contributed by atoms with Gasteiger partial charge in [0.25, 0.3) is 0 Å². The van der Waals surface area contributed by atoms with E-state index in [0.717, 1.165) is 19.3 Å². The predicted octanol–water partition coefficient (Wildman–Crippen LogP) is 5.05. The van der Waals surface area contributed by atoms with Crippen molar-refractivity contribution in [2.75, 3.05) is 0 Å². The third kappa shape index (κ3) is 10.6. The van der Waals surface area contributed by atoms with Gasteiger partial charge in [0.05, 0.1) is 0 Å². The van der Waals surface area contributed by atoms with Gasteiger partial charge < -0.3 is 5.73 Å². The topological polar surface area (TPSA) is 43.1 Å².